The van der Waals surface area contributed by atoms with Gasteiger partial charge in [0.05, 0.1) is 5.56 Å². The first-order valence-electron chi connectivity index (χ1n) is 5.66. The first-order valence-corrected chi connectivity index (χ1v) is 5.66. The van der Waals surface area contributed by atoms with Crippen LogP contribution in [0.15, 0.2) is 18.2 Å². The Morgan fingerprint density at radius 2 is 2.05 bits per heavy atom. The van der Waals surface area contributed by atoms with Gasteiger partial charge in [-0.15, -0.1) is 12.3 Å². The molecule has 1 unspecified atom stereocenters. The standard InChI is InChI=1S/C13H14F4N2/c1-2-3-4-5-12(19-18)9-6-7-11(14)10(8-9)13(15,16)17/h1,6-8,12,19H,3-5,18H2. The van der Waals surface area contributed by atoms with Crippen molar-refractivity contribution < 1.29 is 17.6 Å². The molecule has 0 radical (unpaired) electrons. The quantitative estimate of drug-likeness (QED) is 0.284. The number of nitrogens with one attached hydrogen (secondary N) is 1. The van der Waals surface area contributed by atoms with Crippen LogP contribution in [0.1, 0.15) is 36.4 Å². The maximum absolute atomic E-state index is 13.1. The van der Waals surface area contributed by atoms with Gasteiger partial charge in [0.1, 0.15) is 5.82 Å². The normalized spacial score (nSPS) is 13.1. The van der Waals surface area contributed by atoms with E-state index in [1.165, 1.54) is 6.07 Å². The van der Waals surface area contributed by atoms with Gasteiger partial charge in [-0.2, -0.15) is 13.2 Å². The molecule has 0 saturated heterocycles. The summed E-state index contributed by atoms with van der Waals surface area (Å²) in [4.78, 5) is 0. The molecule has 19 heavy (non-hydrogen) atoms. The van der Waals surface area contributed by atoms with Crippen LogP contribution in [0.3, 0.4) is 0 Å². The van der Waals surface area contributed by atoms with Crippen molar-refractivity contribution >= 4 is 0 Å². The molecular weight excluding hydrogens is 260 g/mol. The summed E-state index contributed by atoms with van der Waals surface area (Å²) in [5.41, 5.74) is 1.41. The number of hydrogen-bond donors (Lipinski definition) is 2. The number of unbranched alkanes of at least 4 members (excludes halogenated alkanes) is 1. The molecule has 1 aromatic rings. The molecule has 1 atom stereocenters. The van der Waals surface area contributed by atoms with Gasteiger partial charge in [-0.3, -0.25) is 11.3 Å². The van der Waals surface area contributed by atoms with Crippen molar-refractivity contribution in [1.29, 1.82) is 0 Å². The van der Waals surface area contributed by atoms with E-state index in [2.05, 4.69) is 11.3 Å². The molecule has 6 heteroatoms. The summed E-state index contributed by atoms with van der Waals surface area (Å²) in [6.07, 6.45) is 1.97. The number of hydrogen-bond acceptors (Lipinski definition) is 2. The number of terminal acetylenes is 1. The van der Waals surface area contributed by atoms with Crippen LogP contribution in [0.25, 0.3) is 0 Å². The summed E-state index contributed by atoms with van der Waals surface area (Å²) in [7, 11) is 0. The molecule has 0 aliphatic rings. The highest BCUT2D eigenvalue weighted by Gasteiger charge is 2.34. The van der Waals surface area contributed by atoms with Gasteiger partial charge in [0, 0.05) is 12.5 Å². The van der Waals surface area contributed by atoms with Crippen molar-refractivity contribution in [2.45, 2.75) is 31.5 Å². The smallest absolute Gasteiger partial charge is 0.271 e. The third kappa shape index (κ3) is 4.23. The molecule has 0 amide bonds. The Labute approximate surface area is 109 Å². The molecule has 0 spiro atoms. The lowest BCUT2D eigenvalue weighted by molar-refractivity contribution is -0.140. The average molecular weight is 274 g/mol. The zero-order valence-corrected chi connectivity index (χ0v) is 10.1. The molecular formula is C13H14F4N2. The summed E-state index contributed by atoms with van der Waals surface area (Å²) < 4.78 is 50.9. The molecule has 0 heterocycles. The minimum Gasteiger partial charge on any atom is -0.271 e. The monoisotopic (exact) mass is 274 g/mol. The molecule has 2 nitrogen and oxygen atoms in total. The van der Waals surface area contributed by atoms with Crippen molar-refractivity contribution in [3.8, 4) is 12.3 Å². The van der Waals surface area contributed by atoms with Crippen LogP contribution in [0.5, 0.6) is 0 Å². The van der Waals surface area contributed by atoms with Crippen LogP contribution in [-0.4, -0.2) is 0 Å². The van der Waals surface area contributed by atoms with E-state index in [0.717, 1.165) is 12.1 Å². The van der Waals surface area contributed by atoms with E-state index in [1.807, 2.05) is 0 Å². The van der Waals surface area contributed by atoms with Crippen LogP contribution in [0.2, 0.25) is 0 Å². The van der Waals surface area contributed by atoms with Crippen molar-refractivity contribution in [2.24, 2.45) is 5.84 Å². The Bertz CT molecular complexity index is 463. The molecule has 0 aliphatic heterocycles. The fourth-order valence-electron chi connectivity index (χ4n) is 1.73. The molecule has 0 saturated carbocycles. The van der Waals surface area contributed by atoms with Gasteiger partial charge in [0.2, 0.25) is 0 Å². The van der Waals surface area contributed by atoms with Gasteiger partial charge in [-0.25, -0.2) is 4.39 Å². The van der Waals surface area contributed by atoms with E-state index in [4.69, 9.17) is 12.3 Å². The predicted molar refractivity (Wildman–Crippen MR) is 64.2 cm³/mol. The highest BCUT2D eigenvalue weighted by molar-refractivity contribution is 5.29. The largest absolute Gasteiger partial charge is 0.419 e. The van der Waals surface area contributed by atoms with Crippen LogP contribution in [0, 0.1) is 18.2 Å². The van der Waals surface area contributed by atoms with Crippen LogP contribution >= 0.6 is 0 Å². The zero-order valence-electron chi connectivity index (χ0n) is 10.1. The first-order chi connectivity index (χ1) is 8.90. The Balaban J connectivity index is 2.96. The minimum atomic E-state index is -4.72. The van der Waals surface area contributed by atoms with Gasteiger partial charge < -0.3 is 0 Å². The van der Waals surface area contributed by atoms with Crippen molar-refractivity contribution in [2.75, 3.05) is 0 Å². The number of alkyl halides is 3. The average Bonchev–Trinajstić information content (AvgIpc) is 2.34. The maximum atomic E-state index is 13.1. The number of hydrazine groups is 1. The molecule has 0 fully saturated rings. The molecule has 3 N–H and O–H groups in total. The van der Waals surface area contributed by atoms with Crippen molar-refractivity contribution in [1.82, 2.24) is 5.43 Å². The van der Waals surface area contributed by atoms with Gasteiger partial charge in [-0.1, -0.05) is 6.07 Å². The minimum absolute atomic E-state index is 0.285. The lowest BCUT2D eigenvalue weighted by Crippen LogP contribution is -2.28. The van der Waals surface area contributed by atoms with E-state index in [0.29, 0.717) is 19.3 Å². The highest BCUT2D eigenvalue weighted by atomic mass is 19.4. The number of nitrogens with two attached hydrogens (primary N) is 1. The van der Waals surface area contributed by atoms with E-state index in [1.54, 1.807) is 0 Å². The van der Waals surface area contributed by atoms with Gasteiger partial charge in [0.25, 0.3) is 0 Å². The van der Waals surface area contributed by atoms with E-state index in [9.17, 15) is 17.6 Å². The lowest BCUT2D eigenvalue weighted by atomic mass is 9.99. The molecule has 0 aliphatic carbocycles. The Morgan fingerprint density at radius 1 is 1.37 bits per heavy atom. The Hall–Kier alpha value is -1.58. The maximum Gasteiger partial charge on any atom is 0.419 e. The summed E-state index contributed by atoms with van der Waals surface area (Å²) in [5.74, 6) is 6.45. The highest BCUT2D eigenvalue weighted by Crippen LogP contribution is 2.33. The van der Waals surface area contributed by atoms with Crippen LogP contribution in [0.4, 0.5) is 17.6 Å². The van der Waals surface area contributed by atoms with Crippen molar-refractivity contribution in [3.05, 3.63) is 35.1 Å². The van der Waals surface area contributed by atoms with Crippen LogP contribution in [-0.2, 0) is 6.18 Å². The fraction of sp³-hybridized carbons (Fsp3) is 0.385. The van der Waals surface area contributed by atoms with Crippen LogP contribution < -0.4 is 11.3 Å². The summed E-state index contributed by atoms with van der Waals surface area (Å²) in [5, 5.41) is 0. The Morgan fingerprint density at radius 3 is 2.58 bits per heavy atom. The second-order valence-corrected chi connectivity index (χ2v) is 4.05. The van der Waals surface area contributed by atoms with Gasteiger partial charge in [-0.05, 0) is 30.5 Å². The topological polar surface area (TPSA) is 38.0 Å². The third-order valence-corrected chi connectivity index (χ3v) is 2.71. The second-order valence-electron chi connectivity index (χ2n) is 4.05. The SMILES string of the molecule is C#CCCCC(NN)c1ccc(F)c(C(F)(F)F)c1. The fourth-order valence-corrected chi connectivity index (χ4v) is 1.73. The number of halogens is 4. The molecule has 1 rings (SSSR count). The predicted octanol–water partition coefficient (Wildman–Crippen LogP) is 3.15. The van der Waals surface area contributed by atoms with Gasteiger partial charge >= 0.3 is 6.18 Å². The number of rotatable bonds is 5. The second kappa shape index (κ2) is 6.55. The lowest BCUT2D eigenvalue weighted by Gasteiger charge is -2.18. The summed E-state index contributed by atoms with van der Waals surface area (Å²) in [6.45, 7) is 0. The summed E-state index contributed by atoms with van der Waals surface area (Å²) >= 11 is 0. The number of benzene rings is 1. The van der Waals surface area contributed by atoms with E-state index >= 15 is 0 Å². The molecule has 1 aromatic carbocycles. The molecule has 0 bridgehead atoms. The van der Waals surface area contributed by atoms with E-state index in [-0.39, 0.29) is 5.56 Å². The van der Waals surface area contributed by atoms with Crippen molar-refractivity contribution in [3.63, 3.8) is 0 Å². The zero-order chi connectivity index (χ0) is 14.5. The Kier molecular flexibility index (Phi) is 5.33. The molecule has 104 valence electrons. The summed E-state index contributed by atoms with van der Waals surface area (Å²) in [6, 6.07) is 2.36. The third-order valence-electron chi connectivity index (χ3n) is 2.71. The first kappa shape index (κ1) is 15.5. The van der Waals surface area contributed by atoms with Gasteiger partial charge in [0.15, 0.2) is 0 Å². The van der Waals surface area contributed by atoms with E-state index < -0.39 is 23.6 Å². The molecule has 0 aromatic heterocycles.